The summed E-state index contributed by atoms with van der Waals surface area (Å²) in [6.45, 7) is 0. The van der Waals surface area contributed by atoms with Crippen LogP contribution in [0.15, 0.2) is 41.1 Å². The molecule has 0 spiro atoms. The van der Waals surface area contributed by atoms with E-state index in [2.05, 4.69) is 5.16 Å². The Hall–Kier alpha value is -1.64. The molecule has 2 rings (SSSR count). The number of hydrogen-bond donors (Lipinski definition) is 0. The summed E-state index contributed by atoms with van der Waals surface area (Å²) in [5.74, 6) is -0.159. The fourth-order valence-corrected chi connectivity index (χ4v) is 2.27. The molecule has 0 aromatic heterocycles. The predicted molar refractivity (Wildman–Crippen MR) is 72.0 cm³/mol. The van der Waals surface area contributed by atoms with Crippen molar-refractivity contribution in [2.45, 2.75) is 32.1 Å². The summed E-state index contributed by atoms with van der Waals surface area (Å²) in [5.41, 5.74) is 2.09. The largest absolute Gasteiger partial charge is 0.399 e. The van der Waals surface area contributed by atoms with Crippen LogP contribution in [0, 0.1) is 0 Å². The summed E-state index contributed by atoms with van der Waals surface area (Å²) in [7, 11) is 1.51. The van der Waals surface area contributed by atoms with Crippen molar-refractivity contribution in [3.63, 3.8) is 0 Å². The van der Waals surface area contributed by atoms with Gasteiger partial charge >= 0.3 is 0 Å². The topological polar surface area (TPSA) is 21.6 Å². The lowest BCUT2D eigenvalue weighted by Gasteiger charge is -2.08. The van der Waals surface area contributed by atoms with Gasteiger partial charge in [0.25, 0.3) is 0 Å². The van der Waals surface area contributed by atoms with E-state index in [-0.39, 0.29) is 5.83 Å². The second-order valence-corrected chi connectivity index (χ2v) is 4.44. The van der Waals surface area contributed by atoms with E-state index < -0.39 is 0 Å². The second-order valence-electron chi connectivity index (χ2n) is 4.44. The zero-order chi connectivity index (χ0) is 12.8. The summed E-state index contributed by atoms with van der Waals surface area (Å²) in [6.07, 6.45) is 4.72. The Kier molecular flexibility index (Phi) is 4.51. The molecule has 0 unspecified atom stereocenters. The fourth-order valence-electron chi connectivity index (χ4n) is 2.27. The highest BCUT2D eigenvalue weighted by Gasteiger charge is 2.18. The maximum absolute atomic E-state index is 14.5. The molecule has 2 nitrogen and oxygen atoms in total. The second kappa shape index (κ2) is 6.34. The van der Waals surface area contributed by atoms with E-state index in [1.54, 1.807) is 12.1 Å². The molecular weight excluding hydrogens is 229 g/mol. The molecule has 0 bridgehead atoms. The molecule has 0 aliphatic heterocycles. The molecule has 0 saturated heterocycles. The van der Waals surface area contributed by atoms with Crippen molar-refractivity contribution in [3.8, 4) is 0 Å². The van der Waals surface area contributed by atoms with Crippen LogP contribution in [0.1, 0.15) is 37.7 Å². The molecule has 1 aliphatic carbocycles. The molecule has 18 heavy (non-hydrogen) atoms. The molecule has 0 N–H and O–H groups in total. The van der Waals surface area contributed by atoms with E-state index >= 15 is 0 Å². The molecule has 0 atom stereocenters. The Morgan fingerprint density at radius 3 is 2.56 bits per heavy atom. The predicted octanol–water partition coefficient (Wildman–Crippen LogP) is 4.33. The van der Waals surface area contributed by atoms with E-state index in [1.807, 2.05) is 18.2 Å². The molecule has 0 radical (unpaired) electrons. The lowest BCUT2D eigenvalue weighted by molar-refractivity contribution is 0.212. The third-order valence-electron chi connectivity index (χ3n) is 3.18. The number of benzene rings is 1. The van der Waals surface area contributed by atoms with Crippen LogP contribution in [0.2, 0.25) is 0 Å². The molecule has 1 fully saturated rings. The van der Waals surface area contributed by atoms with Crippen LogP contribution >= 0.6 is 0 Å². The van der Waals surface area contributed by atoms with Crippen LogP contribution in [0.4, 0.5) is 4.39 Å². The maximum atomic E-state index is 14.5. The van der Waals surface area contributed by atoms with Crippen molar-refractivity contribution in [2.24, 2.45) is 5.16 Å². The Morgan fingerprint density at radius 2 is 1.83 bits per heavy atom. The zero-order valence-corrected chi connectivity index (χ0v) is 10.7. The van der Waals surface area contributed by atoms with Crippen LogP contribution in [-0.4, -0.2) is 12.8 Å². The molecule has 0 heterocycles. The Morgan fingerprint density at radius 1 is 1.11 bits per heavy atom. The lowest BCUT2D eigenvalue weighted by atomic mass is 10.0. The number of halogens is 1. The standard InChI is InChI=1S/C15H18FNO/c1-18-17-14-11-7-3-6-10-13(14)15(16)12-8-4-2-5-9-12/h2,4-5,8-9H,3,6-7,10-11H2,1H3/b15-13-,17-14+. The highest BCUT2D eigenvalue weighted by Crippen LogP contribution is 2.29. The monoisotopic (exact) mass is 247 g/mol. The van der Waals surface area contributed by atoms with Crippen molar-refractivity contribution >= 4 is 11.5 Å². The normalized spacial score (nSPS) is 21.6. The molecule has 3 heteroatoms. The first-order chi connectivity index (χ1) is 8.83. The van der Waals surface area contributed by atoms with Gasteiger partial charge in [-0.2, -0.15) is 0 Å². The summed E-state index contributed by atoms with van der Waals surface area (Å²) < 4.78 is 14.5. The van der Waals surface area contributed by atoms with Crippen molar-refractivity contribution in [1.29, 1.82) is 0 Å². The third kappa shape index (κ3) is 2.97. The zero-order valence-electron chi connectivity index (χ0n) is 10.7. The fraction of sp³-hybridized carbons (Fsp3) is 0.400. The van der Waals surface area contributed by atoms with Gasteiger partial charge in [0, 0.05) is 11.1 Å². The molecule has 0 amide bonds. The number of rotatable bonds is 2. The number of hydrogen-bond acceptors (Lipinski definition) is 2. The molecule has 1 aliphatic rings. The number of oxime groups is 1. The average Bonchev–Trinajstić information content (AvgIpc) is 2.65. The minimum absolute atomic E-state index is 0.159. The highest BCUT2D eigenvalue weighted by molar-refractivity contribution is 6.05. The van der Waals surface area contributed by atoms with Gasteiger partial charge in [0.15, 0.2) is 0 Å². The molecule has 1 aromatic carbocycles. The van der Waals surface area contributed by atoms with E-state index in [9.17, 15) is 4.39 Å². The van der Waals surface area contributed by atoms with E-state index in [0.29, 0.717) is 11.1 Å². The minimum atomic E-state index is -0.159. The maximum Gasteiger partial charge on any atom is 0.135 e. The van der Waals surface area contributed by atoms with Crippen LogP contribution < -0.4 is 0 Å². The minimum Gasteiger partial charge on any atom is -0.399 e. The van der Waals surface area contributed by atoms with Gasteiger partial charge in [-0.1, -0.05) is 41.9 Å². The van der Waals surface area contributed by atoms with Gasteiger partial charge in [-0.3, -0.25) is 0 Å². The highest BCUT2D eigenvalue weighted by atomic mass is 19.1. The first-order valence-electron chi connectivity index (χ1n) is 6.37. The molecular formula is C15H18FNO. The first-order valence-corrected chi connectivity index (χ1v) is 6.37. The third-order valence-corrected chi connectivity index (χ3v) is 3.18. The number of nitrogens with zero attached hydrogens (tertiary/aromatic N) is 1. The van der Waals surface area contributed by atoms with Crippen molar-refractivity contribution in [1.82, 2.24) is 0 Å². The lowest BCUT2D eigenvalue weighted by Crippen LogP contribution is -2.03. The Balaban J connectivity index is 2.40. The van der Waals surface area contributed by atoms with Gasteiger partial charge in [-0.15, -0.1) is 0 Å². The van der Waals surface area contributed by atoms with Gasteiger partial charge in [0.05, 0.1) is 5.71 Å². The van der Waals surface area contributed by atoms with Crippen molar-refractivity contribution in [3.05, 3.63) is 41.5 Å². The quantitative estimate of drug-likeness (QED) is 0.563. The summed E-state index contributed by atoms with van der Waals surface area (Å²) in [5, 5.41) is 3.99. The van der Waals surface area contributed by atoms with Gasteiger partial charge in [-0.25, -0.2) is 4.39 Å². The van der Waals surface area contributed by atoms with E-state index in [4.69, 9.17) is 4.84 Å². The summed E-state index contributed by atoms with van der Waals surface area (Å²) in [4.78, 5) is 4.84. The van der Waals surface area contributed by atoms with Crippen LogP contribution in [0.3, 0.4) is 0 Å². The van der Waals surface area contributed by atoms with Crippen molar-refractivity contribution < 1.29 is 9.23 Å². The Labute approximate surface area is 107 Å². The molecule has 1 aromatic rings. The van der Waals surface area contributed by atoms with Crippen LogP contribution in [0.5, 0.6) is 0 Å². The van der Waals surface area contributed by atoms with E-state index in [0.717, 1.165) is 37.8 Å². The summed E-state index contributed by atoms with van der Waals surface area (Å²) in [6, 6.07) is 9.16. The van der Waals surface area contributed by atoms with Crippen LogP contribution in [0.25, 0.3) is 5.83 Å². The first kappa shape index (κ1) is 12.8. The van der Waals surface area contributed by atoms with Crippen molar-refractivity contribution in [2.75, 3.05) is 7.11 Å². The van der Waals surface area contributed by atoms with Crippen LogP contribution in [-0.2, 0) is 4.84 Å². The van der Waals surface area contributed by atoms with Gasteiger partial charge in [-0.05, 0) is 25.7 Å². The smallest absolute Gasteiger partial charge is 0.135 e. The number of allylic oxidation sites excluding steroid dienone is 1. The molecule has 96 valence electrons. The Bertz CT molecular complexity index is 451. The van der Waals surface area contributed by atoms with E-state index in [1.165, 1.54) is 7.11 Å². The van der Waals surface area contributed by atoms with Gasteiger partial charge in [0.2, 0.25) is 0 Å². The molecule has 1 saturated carbocycles. The van der Waals surface area contributed by atoms with Gasteiger partial charge in [0.1, 0.15) is 12.9 Å². The summed E-state index contributed by atoms with van der Waals surface area (Å²) >= 11 is 0. The van der Waals surface area contributed by atoms with Gasteiger partial charge < -0.3 is 4.84 Å². The average molecular weight is 247 g/mol. The SMILES string of the molecule is CO/N=C1\CCCCC\C1=C(\F)c1ccccc1.